The summed E-state index contributed by atoms with van der Waals surface area (Å²) >= 11 is 0. The highest BCUT2D eigenvalue weighted by atomic mass is 33.1. The van der Waals surface area contributed by atoms with E-state index in [2.05, 4.69) is 22.4 Å². The van der Waals surface area contributed by atoms with E-state index in [0.717, 1.165) is 0 Å². The Bertz CT molecular complexity index is 1020. The number of rotatable bonds is 21. The van der Waals surface area contributed by atoms with Crippen molar-refractivity contribution in [3.05, 3.63) is 29.8 Å². The Hall–Kier alpha value is -1.26. The number of nitrogens with one attached hydrogen (secondary N) is 2. The zero-order chi connectivity index (χ0) is 31.3. The second-order valence-corrected chi connectivity index (χ2v) is 14.4. The minimum atomic E-state index is -0.349. The SMILES string of the molecule is CSSC(COc1cccc(C(=O)NCCN)c1)OCCOCC(=O)NCC#CB[C@H]1C[C@@H](O[C@H](C)SSC)C(CO)O1. The summed E-state index contributed by atoms with van der Waals surface area (Å²) < 4.78 is 28.9. The van der Waals surface area contributed by atoms with E-state index in [1.54, 1.807) is 56.6 Å². The van der Waals surface area contributed by atoms with E-state index >= 15 is 0 Å². The van der Waals surface area contributed by atoms with Crippen molar-refractivity contribution in [1.29, 1.82) is 0 Å². The summed E-state index contributed by atoms with van der Waals surface area (Å²) in [6, 6.07) is 6.80. The van der Waals surface area contributed by atoms with Gasteiger partial charge in [0, 0.05) is 24.7 Å². The van der Waals surface area contributed by atoms with E-state index in [0.29, 0.717) is 38.1 Å². The van der Waals surface area contributed by atoms with Crippen LogP contribution >= 0.6 is 43.2 Å². The van der Waals surface area contributed by atoms with Crippen LogP contribution in [0.25, 0.3) is 0 Å². The maximum atomic E-state index is 12.1. The molecule has 0 bridgehead atoms. The molecule has 11 nitrogen and oxygen atoms in total. The van der Waals surface area contributed by atoms with Crippen molar-refractivity contribution in [2.24, 2.45) is 5.73 Å². The number of amides is 2. The van der Waals surface area contributed by atoms with Crippen molar-refractivity contribution < 1.29 is 38.4 Å². The molecule has 240 valence electrons. The zero-order valence-corrected chi connectivity index (χ0v) is 28.0. The van der Waals surface area contributed by atoms with Crippen LogP contribution in [-0.2, 0) is 23.7 Å². The second-order valence-electron chi connectivity index (χ2n) is 9.05. The van der Waals surface area contributed by atoms with Crippen molar-refractivity contribution in [1.82, 2.24) is 10.6 Å². The van der Waals surface area contributed by atoms with Crippen LogP contribution in [0.5, 0.6) is 5.75 Å². The summed E-state index contributed by atoms with van der Waals surface area (Å²) in [5, 5.41) is 15.0. The van der Waals surface area contributed by atoms with Gasteiger partial charge in [-0.05, 0) is 44.1 Å². The molecule has 2 unspecified atom stereocenters. The Labute approximate surface area is 270 Å². The highest BCUT2D eigenvalue weighted by Gasteiger charge is 2.36. The van der Waals surface area contributed by atoms with Gasteiger partial charge in [0.25, 0.3) is 5.91 Å². The molecule has 0 spiro atoms. The van der Waals surface area contributed by atoms with Crippen LogP contribution in [0.2, 0.25) is 0 Å². The number of nitrogens with two attached hydrogens (primary N) is 1. The van der Waals surface area contributed by atoms with Crippen molar-refractivity contribution >= 4 is 62.3 Å². The van der Waals surface area contributed by atoms with Crippen molar-refractivity contribution in [3.8, 4) is 17.5 Å². The van der Waals surface area contributed by atoms with Crippen molar-refractivity contribution in [2.45, 2.75) is 42.4 Å². The van der Waals surface area contributed by atoms with Gasteiger partial charge >= 0.3 is 0 Å². The normalized spacial score (nSPS) is 19.1. The maximum absolute atomic E-state index is 12.1. The number of hydrogen-bond acceptors (Lipinski definition) is 13. The van der Waals surface area contributed by atoms with Crippen LogP contribution in [0.15, 0.2) is 24.3 Å². The van der Waals surface area contributed by atoms with E-state index in [-0.39, 0.29) is 80.5 Å². The molecule has 1 aliphatic heterocycles. The van der Waals surface area contributed by atoms with Gasteiger partial charge in [-0.2, -0.15) is 5.82 Å². The molecular formula is C27H42BN3O8S4. The van der Waals surface area contributed by atoms with Crippen molar-refractivity contribution in [3.63, 3.8) is 0 Å². The topological polar surface area (TPSA) is 151 Å². The first-order valence-corrected chi connectivity index (χ1v) is 19.1. The number of carbonyl (C=O) groups excluding carboxylic acids is 2. The molecule has 1 heterocycles. The predicted molar refractivity (Wildman–Crippen MR) is 179 cm³/mol. The monoisotopic (exact) mass is 675 g/mol. The Balaban J connectivity index is 1.60. The minimum absolute atomic E-state index is 0.00791. The fourth-order valence-electron chi connectivity index (χ4n) is 3.88. The van der Waals surface area contributed by atoms with Crippen LogP contribution in [0.3, 0.4) is 0 Å². The molecule has 1 fully saturated rings. The summed E-state index contributed by atoms with van der Waals surface area (Å²) in [7, 11) is 6.82. The molecule has 1 aliphatic rings. The fourth-order valence-corrected chi connectivity index (χ4v) is 6.75. The molecule has 2 rings (SSSR count). The summed E-state index contributed by atoms with van der Waals surface area (Å²) in [5.41, 5.74) is 5.67. The van der Waals surface area contributed by atoms with E-state index in [9.17, 15) is 14.7 Å². The molecule has 5 atom stereocenters. The Morgan fingerprint density at radius 3 is 2.79 bits per heavy atom. The minimum Gasteiger partial charge on any atom is -0.490 e. The predicted octanol–water partition coefficient (Wildman–Crippen LogP) is 1.49. The van der Waals surface area contributed by atoms with E-state index < -0.39 is 0 Å². The molecule has 0 saturated carbocycles. The highest BCUT2D eigenvalue weighted by Crippen LogP contribution is 2.30. The van der Waals surface area contributed by atoms with Gasteiger partial charge in [0.2, 0.25) is 13.2 Å². The average Bonchev–Trinajstić information content (AvgIpc) is 3.39. The molecule has 16 heteroatoms. The number of carbonyl (C=O) groups is 2. The van der Waals surface area contributed by atoms with Crippen LogP contribution in [0, 0.1) is 11.7 Å². The lowest BCUT2D eigenvalue weighted by atomic mass is 9.71. The third kappa shape index (κ3) is 16.0. The molecule has 0 aliphatic carbocycles. The largest absolute Gasteiger partial charge is 0.490 e. The molecule has 2 amide bonds. The van der Waals surface area contributed by atoms with Crippen LogP contribution in [-0.4, -0.2) is 118 Å². The standard InChI is InChI=1S/C27H42BN3O8S4/c1-19(42-40-2)38-22-15-24(39-23(22)16-32)28-8-5-10-30-25(33)17-35-12-13-36-26(43-41-3)18-37-21-7-4-6-20(14-21)27(34)31-11-9-29/h4,6-7,14,19,22-24,26,28,32H,9-13,15-18,29H2,1-3H3,(H,30,33)(H,31,34)/t19-,22+,23?,24+,26?/m0/s1. The molecule has 1 aromatic rings. The number of ether oxygens (including phenoxy) is 5. The van der Waals surface area contributed by atoms with Gasteiger partial charge in [0.15, 0.2) is 0 Å². The number of aliphatic hydroxyl groups excluding tert-OH is 1. The smallest absolute Gasteiger partial charge is 0.251 e. The van der Waals surface area contributed by atoms with Gasteiger partial charge in [-0.15, -0.1) is 0 Å². The number of aliphatic hydroxyl groups is 1. The Morgan fingerprint density at radius 1 is 1.23 bits per heavy atom. The Morgan fingerprint density at radius 2 is 2.05 bits per heavy atom. The summed E-state index contributed by atoms with van der Waals surface area (Å²) in [6.45, 7) is 3.56. The Kier molecular flexibility index (Phi) is 20.4. The van der Waals surface area contributed by atoms with Crippen LogP contribution < -0.4 is 21.1 Å². The number of benzene rings is 1. The van der Waals surface area contributed by atoms with Gasteiger partial charge in [0.1, 0.15) is 35.9 Å². The molecular weight excluding hydrogens is 633 g/mol. The van der Waals surface area contributed by atoms with Crippen molar-refractivity contribution in [2.75, 3.05) is 65.2 Å². The van der Waals surface area contributed by atoms with Gasteiger partial charge in [-0.3, -0.25) is 9.59 Å². The van der Waals surface area contributed by atoms with Crippen LogP contribution in [0.1, 0.15) is 23.7 Å². The molecule has 1 aromatic carbocycles. The highest BCUT2D eigenvalue weighted by molar-refractivity contribution is 8.76. The lowest BCUT2D eigenvalue weighted by molar-refractivity contribution is -0.126. The molecule has 0 aromatic heterocycles. The number of hydrogen-bond donors (Lipinski definition) is 4. The van der Waals surface area contributed by atoms with Gasteiger partial charge in [-0.25, -0.2) is 0 Å². The van der Waals surface area contributed by atoms with E-state index in [1.807, 2.05) is 19.4 Å². The molecule has 0 radical (unpaired) electrons. The van der Waals surface area contributed by atoms with E-state index in [1.165, 1.54) is 10.8 Å². The zero-order valence-electron chi connectivity index (χ0n) is 24.8. The first-order chi connectivity index (χ1) is 20.9. The maximum Gasteiger partial charge on any atom is 0.251 e. The molecule has 5 N–H and O–H groups in total. The third-order valence-corrected chi connectivity index (χ3v) is 9.63. The van der Waals surface area contributed by atoms with Gasteiger partial charge in [-0.1, -0.05) is 55.2 Å². The summed E-state index contributed by atoms with van der Waals surface area (Å²) in [6.07, 6.45) is 4.10. The second kappa shape index (κ2) is 23.1. The lowest BCUT2D eigenvalue weighted by Crippen LogP contribution is -2.29. The first-order valence-electron chi connectivity index (χ1n) is 13.8. The first kappa shape index (κ1) is 37.9. The summed E-state index contributed by atoms with van der Waals surface area (Å²) in [4.78, 5) is 24.2. The van der Waals surface area contributed by atoms with Gasteiger partial charge < -0.3 is 45.2 Å². The van der Waals surface area contributed by atoms with Crippen LogP contribution in [0.4, 0.5) is 0 Å². The lowest BCUT2D eigenvalue weighted by Gasteiger charge is -2.20. The third-order valence-electron chi connectivity index (χ3n) is 5.76. The summed E-state index contributed by atoms with van der Waals surface area (Å²) in [5.74, 6) is 6.04. The van der Waals surface area contributed by atoms with E-state index in [4.69, 9.17) is 29.4 Å². The quantitative estimate of drug-likeness (QED) is 0.0491. The fraction of sp³-hybridized carbons (Fsp3) is 0.630. The molecule has 1 saturated heterocycles. The molecule has 43 heavy (non-hydrogen) atoms. The average molecular weight is 676 g/mol. The van der Waals surface area contributed by atoms with Gasteiger partial charge in [0.05, 0.1) is 32.5 Å².